The van der Waals surface area contributed by atoms with Crippen LogP contribution in [0, 0.1) is 6.92 Å². The summed E-state index contributed by atoms with van der Waals surface area (Å²) in [5, 5.41) is 7.63. The first-order chi connectivity index (χ1) is 9.24. The molecule has 0 aliphatic carbocycles. The predicted octanol–water partition coefficient (Wildman–Crippen LogP) is 3.41. The van der Waals surface area contributed by atoms with E-state index in [1.807, 2.05) is 28.8 Å². The Bertz CT molecular complexity index is 720. The molecule has 0 atom stereocenters. The Hall–Kier alpha value is -1.88. The third-order valence-corrected chi connectivity index (χ3v) is 3.71. The van der Waals surface area contributed by atoms with E-state index in [0.29, 0.717) is 0 Å². The largest absolute Gasteiger partial charge is 0.366 e. The van der Waals surface area contributed by atoms with Gasteiger partial charge in [0.1, 0.15) is 12.1 Å². The maximum absolute atomic E-state index is 4.23. The van der Waals surface area contributed by atoms with Crippen molar-refractivity contribution in [3.8, 4) is 0 Å². The summed E-state index contributed by atoms with van der Waals surface area (Å²) >= 11 is 3.55. The highest BCUT2D eigenvalue weighted by Crippen LogP contribution is 2.18. The lowest BCUT2D eigenvalue weighted by atomic mass is 10.2. The number of aryl methyl sites for hydroxylation is 1. The molecule has 1 N–H and O–H groups in total. The first kappa shape index (κ1) is 12.2. The molecule has 3 aromatic rings. The molecule has 0 amide bonds. The Morgan fingerprint density at radius 1 is 1.26 bits per heavy atom. The van der Waals surface area contributed by atoms with E-state index in [1.165, 1.54) is 5.56 Å². The van der Waals surface area contributed by atoms with E-state index in [-0.39, 0.29) is 0 Å². The van der Waals surface area contributed by atoms with Gasteiger partial charge in [0.2, 0.25) is 0 Å². The minimum absolute atomic E-state index is 0.736. The van der Waals surface area contributed by atoms with Crippen LogP contribution in [0.3, 0.4) is 0 Å². The fourth-order valence-corrected chi connectivity index (χ4v) is 2.43. The molecule has 96 valence electrons. The van der Waals surface area contributed by atoms with E-state index in [4.69, 9.17) is 0 Å². The molecule has 4 nitrogen and oxygen atoms in total. The van der Waals surface area contributed by atoms with E-state index in [2.05, 4.69) is 50.4 Å². The molecule has 3 rings (SSSR count). The molecule has 0 bridgehead atoms. The Kier molecular flexibility index (Phi) is 3.21. The average molecular weight is 317 g/mol. The molecule has 0 aliphatic rings. The number of halogens is 1. The fraction of sp³-hybridized carbons (Fsp3) is 0.143. The summed E-state index contributed by atoms with van der Waals surface area (Å²) in [6.07, 6.45) is 1.57. The van der Waals surface area contributed by atoms with Gasteiger partial charge in [0.15, 0.2) is 5.65 Å². The SMILES string of the molecule is Cc1cc(NCc2ccccc2Br)n2ncnc2c1. The number of rotatable bonds is 3. The summed E-state index contributed by atoms with van der Waals surface area (Å²) in [4.78, 5) is 4.22. The highest BCUT2D eigenvalue weighted by molar-refractivity contribution is 9.10. The molecule has 0 saturated heterocycles. The third kappa shape index (κ3) is 2.46. The Balaban J connectivity index is 1.90. The van der Waals surface area contributed by atoms with Gasteiger partial charge in [0.25, 0.3) is 0 Å². The van der Waals surface area contributed by atoms with Crippen molar-refractivity contribution in [1.29, 1.82) is 0 Å². The number of nitrogens with zero attached hydrogens (tertiary/aromatic N) is 3. The van der Waals surface area contributed by atoms with Crippen molar-refractivity contribution in [3.63, 3.8) is 0 Å². The molecule has 0 aliphatic heterocycles. The van der Waals surface area contributed by atoms with E-state index >= 15 is 0 Å². The summed E-state index contributed by atoms with van der Waals surface area (Å²) in [5.41, 5.74) is 3.22. The van der Waals surface area contributed by atoms with Gasteiger partial charge in [-0.15, -0.1) is 0 Å². The quantitative estimate of drug-likeness (QED) is 0.805. The van der Waals surface area contributed by atoms with Crippen molar-refractivity contribution in [1.82, 2.24) is 14.6 Å². The van der Waals surface area contributed by atoms with Gasteiger partial charge >= 0.3 is 0 Å². The number of pyridine rings is 1. The summed E-state index contributed by atoms with van der Waals surface area (Å²) in [6, 6.07) is 12.2. The first-order valence-electron chi connectivity index (χ1n) is 6.02. The van der Waals surface area contributed by atoms with Crippen LogP contribution in [0.15, 0.2) is 47.2 Å². The van der Waals surface area contributed by atoms with Crippen molar-refractivity contribution in [2.24, 2.45) is 0 Å². The molecule has 0 spiro atoms. The Morgan fingerprint density at radius 2 is 2.11 bits per heavy atom. The lowest BCUT2D eigenvalue weighted by Gasteiger charge is -2.10. The van der Waals surface area contributed by atoms with Crippen LogP contribution in [-0.4, -0.2) is 14.6 Å². The molecule has 0 radical (unpaired) electrons. The van der Waals surface area contributed by atoms with Crippen LogP contribution in [0.4, 0.5) is 5.82 Å². The molecule has 2 aromatic heterocycles. The lowest BCUT2D eigenvalue weighted by Crippen LogP contribution is -2.06. The van der Waals surface area contributed by atoms with Crippen LogP contribution in [0.5, 0.6) is 0 Å². The van der Waals surface area contributed by atoms with Crippen LogP contribution < -0.4 is 5.32 Å². The summed E-state index contributed by atoms with van der Waals surface area (Å²) < 4.78 is 2.91. The molecule has 2 heterocycles. The number of nitrogens with one attached hydrogen (secondary N) is 1. The lowest BCUT2D eigenvalue weighted by molar-refractivity contribution is 0.940. The van der Waals surface area contributed by atoms with E-state index in [9.17, 15) is 0 Å². The van der Waals surface area contributed by atoms with Crippen molar-refractivity contribution in [2.45, 2.75) is 13.5 Å². The second-order valence-electron chi connectivity index (χ2n) is 4.39. The van der Waals surface area contributed by atoms with Crippen molar-refractivity contribution >= 4 is 27.4 Å². The fourth-order valence-electron chi connectivity index (χ4n) is 2.01. The van der Waals surface area contributed by atoms with Gasteiger partial charge in [0.05, 0.1) is 0 Å². The standard InChI is InChI=1S/C14H13BrN4/c1-10-6-13(19-14(7-10)17-9-18-19)16-8-11-4-2-3-5-12(11)15/h2-7,9,16H,8H2,1H3. The van der Waals surface area contributed by atoms with Gasteiger partial charge in [-0.25, -0.2) is 4.98 Å². The van der Waals surface area contributed by atoms with Gasteiger partial charge < -0.3 is 5.32 Å². The van der Waals surface area contributed by atoms with Gasteiger partial charge in [0, 0.05) is 11.0 Å². The molecule has 1 aromatic carbocycles. The number of hydrogen-bond acceptors (Lipinski definition) is 3. The molecule has 0 unspecified atom stereocenters. The number of anilines is 1. The molecule has 0 fully saturated rings. The van der Waals surface area contributed by atoms with E-state index in [0.717, 1.165) is 28.0 Å². The second kappa shape index (κ2) is 5.01. The first-order valence-corrected chi connectivity index (χ1v) is 6.81. The van der Waals surface area contributed by atoms with Crippen molar-refractivity contribution in [3.05, 3.63) is 58.3 Å². The van der Waals surface area contributed by atoms with Gasteiger partial charge in [-0.3, -0.25) is 0 Å². The van der Waals surface area contributed by atoms with Crippen LogP contribution in [0.1, 0.15) is 11.1 Å². The van der Waals surface area contributed by atoms with Crippen LogP contribution in [0.2, 0.25) is 0 Å². The average Bonchev–Trinajstić information content (AvgIpc) is 2.85. The van der Waals surface area contributed by atoms with Crippen molar-refractivity contribution < 1.29 is 0 Å². The zero-order chi connectivity index (χ0) is 13.2. The number of fused-ring (bicyclic) bond motifs is 1. The van der Waals surface area contributed by atoms with Crippen LogP contribution >= 0.6 is 15.9 Å². The summed E-state index contributed by atoms with van der Waals surface area (Å²) in [7, 11) is 0. The van der Waals surface area contributed by atoms with Gasteiger partial charge in [-0.1, -0.05) is 34.1 Å². The minimum Gasteiger partial charge on any atom is -0.366 e. The molecule has 5 heteroatoms. The molecule has 0 saturated carbocycles. The topological polar surface area (TPSA) is 42.2 Å². The van der Waals surface area contributed by atoms with Gasteiger partial charge in [-0.05, 0) is 36.2 Å². The Labute approximate surface area is 119 Å². The highest BCUT2D eigenvalue weighted by atomic mass is 79.9. The maximum atomic E-state index is 4.23. The zero-order valence-electron chi connectivity index (χ0n) is 10.5. The summed E-state index contributed by atoms with van der Waals surface area (Å²) in [6.45, 7) is 2.79. The Morgan fingerprint density at radius 3 is 2.95 bits per heavy atom. The van der Waals surface area contributed by atoms with Gasteiger partial charge in [-0.2, -0.15) is 9.61 Å². The van der Waals surface area contributed by atoms with E-state index < -0.39 is 0 Å². The number of benzene rings is 1. The number of hydrogen-bond donors (Lipinski definition) is 1. The monoisotopic (exact) mass is 316 g/mol. The van der Waals surface area contributed by atoms with Crippen LogP contribution in [0.25, 0.3) is 5.65 Å². The third-order valence-electron chi connectivity index (χ3n) is 2.94. The minimum atomic E-state index is 0.736. The summed E-state index contributed by atoms with van der Waals surface area (Å²) in [5.74, 6) is 0.947. The second-order valence-corrected chi connectivity index (χ2v) is 5.25. The molecular formula is C14H13BrN4. The van der Waals surface area contributed by atoms with E-state index in [1.54, 1.807) is 6.33 Å². The smallest absolute Gasteiger partial charge is 0.157 e. The zero-order valence-corrected chi connectivity index (χ0v) is 12.1. The highest BCUT2D eigenvalue weighted by Gasteiger charge is 2.04. The predicted molar refractivity (Wildman–Crippen MR) is 79.2 cm³/mol. The molecular weight excluding hydrogens is 304 g/mol. The normalized spacial score (nSPS) is 10.8. The molecule has 19 heavy (non-hydrogen) atoms. The maximum Gasteiger partial charge on any atom is 0.157 e. The van der Waals surface area contributed by atoms with Crippen LogP contribution in [-0.2, 0) is 6.54 Å². The van der Waals surface area contributed by atoms with Crippen molar-refractivity contribution in [2.75, 3.05) is 5.32 Å². The number of aromatic nitrogens is 3.